The van der Waals surface area contributed by atoms with Gasteiger partial charge in [-0.25, -0.2) is 4.98 Å². The molecule has 1 atom stereocenters. The maximum Gasteiger partial charge on any atom is 0.0945 e. The van der Waals surface area contributed by atoms with Crippen LogP contribution in [0.2, 0.25) is 0 Å². The number of nitrogens with zero attached hydrogens (tertiary/aromatic N) is 2. The fourth-order valence-electron chi connectivity index (χ4n) is 2.81. The highest BCUT2D eigenvalue weighted by molar-refractivity contribution is 4.77. The van der Waals surface area contributed by atoms with Crippen LogP contribution in [0.3, 0.4) is 0 Å². The van der Waals surface area contributed by atoms with E-state index in [4.69, 9.17) is 0 Å². The highest BCUT2D eigenvalue weighted by Crippen LogP contribution is 2.26. The van der Waals surface area contributed by atoms with Crippen molar-refractivity contribution in [2.75, 3.05) is 6.54 Å². The lowest BCUT2D eigenvalue weighted by Crippen LogP contribution is -2.35. The standard InChI is InChI=1S/C14H25N3/c1-13(14-6-3-2-4-7-14)16-8-5-10-17-11-9-15-12-17/h9,11-14,16H,2-8,10H2,1H3/t13-/m1/s1. The Hall–Kier alpha value is -0.830. The van der Waals surface area contributed by atoms with Crippen molar-refractivity contribution in [3.8, 4) is 0 Å². The van der Waals surface area contributed by atoms with E-state index in [1.165, 1.54) is 38.5 Å². The Morgan fingerprint density at radius 1 is 1.35 bits per heavy atom. The van der Waals surface area contributed by atoms with Crippen molar-refractivity contribution in [3.05, 3.63) is 18.7 Å². The first-order valence-corrected chi connectivity index (χ1v) is 7.05. The van der Waals surface area contributed by atoms with Gasteiger partial charge in [0, 0.05) is 25.0 Å². The van der Waals surface area contributed by atoms with Crippen LogP contribution in [0.4, 0.5) is 0 Å². The highest BCUT2D eigenvalue weighted by atomic mass is 15.0. The molecule has 0 spiro atoms. The second-order valence-corrected chi connectivity index (χ2v) is 5.29. The third-order valence-electron chi connectivity index (χ3n) is 3.98. The Morgan fingerprint density at radius 2 is 2.18 bits per heavy atom. The quantitative estimate of drug-likeness (QED) is 0.768. The van der Waals surface area contributed by atoms with E-state index < -0.39 is 0 Å². The molecule has 1 fully saturated rings. The van der Waals surface area contributed by atoms with Crippen LogP contribution < -0.4 is 5.32 Å². The molecular weight excluding hydrogens is 210 g/mol. The second-order valence-electron chi connectivity index (χ2n) is 5.29. The van der Waals surface area contributed by atoms with Crippen LogP contribution in [0, 0.1) is 5.92 Å². The van der Waals surface area contributed by atoms with Gasteiger partial charge in [-0.1, -0.05) is 19.3 Å². The van der Waals surface area contributed by atoms with Gasteiger partial charge in [0.05, 0.1) is 6.33 Å². The third-order valence-corrected chi connectivity index (χ3v) is 3.98. The van der Waals surface area contributed by atoms with E-state index in [1.807, 2.05) is 18.7 Å². The summed E-state index contributed by atoms with van der Waals surface area (Å²) in [7, 11) is 0. The lowest BCUT2D eigenvalue weighted by Gasteiger charge is -2.28. The molecule has 1 aromatic rings. The molecule has 1 heterocycles. The lowest BCUT2D eigenvalue weighted by molar-refractivity contribution is 0.280. The smallest absolute Gasteiger partial charge is 0.0945 e. The van der Waals surface area contributed by atoms with Gasteiger partial charge in [-0.15, -0.1) is 0 Å². The van der Waals surface area contributed by atoms with Crippen LogP contribution in [0.25, 0.3) is 0 Å². The van der Waals surface area contributed by atoms with Crippen LogP contribution in [0.15, 0.2) is 18.7 Å². The maximum absolute atomic E-state index is 4.05. The van der Waals surface area contributed by atoms with Gasteiger partial charge in [-0.05, 0) is 38.6 Å². The molecule has 96 valence electrons. The summed E-state index contributed by atoms with van der Waals surface area (Å²) in [6, 6.07) is 0.693. The van der Waals surface area contributed by atoms with Crippen LogP contribution in [0.5, 0.6) is 0 Å². The Balaban J connectivity index is 1.57. The molecule has 3 nitrogen and oxygen atoms in total. The zero-order chi connectivity index (χ0) is 11.9. The molecule has 3 heteroatoms. The highest BCUT2D eigenvalue weighted by Gasteiger charge is 2.18. The van der Waals surface area contributed by atoms with E-state index in [-0.39, 0.29) is 0 Å². The minimum atomic E-state index is 0.693. The molecule has 1 aliphatic rings. The first-order chi connectivity index (χ1) is 8.36. The molecule has 1 N–H and O–H groups in total. The van der Waals surface area contributed by atoms with Crippen LogP contribution in [-0.2, 0) is 6.54 Å². The average Bonchev–Trinajstić information content (AvgIpc) is 2.88. The molecule has 0 saturated heterocycles. The van der Waals surface area contributed by atoms with Crippen LogP contribution >= 0.6 is 0 Å². The average molecular weight is 235 g/mol. The van der Waals surface area contributed by atoms with Gasteiger partial charge >= 0.3 is 0 Å². The molecular formula is C14H25N3. The minimum absolute atomic E-state index is 0.693. The summed E-state index contributed by atoms with van der Waals surface area (Å²) >= 11 is 0. The molecule has 0 unspecified atom stereocenters. The zero-order valence-corrected chi connectivity index (χ0v) is 10.9. The predicted octanol–water partition coefficient (Wildman–Crippen LogP) is 2.83. The van der Waals surface area contributed by atoms with Gasteiger partial charge in [0.2, 0.25) is 0 Å². The first kappa shape index (κ1) is 12.6. The van der Waals surface area contributed by atoms with E-state index in [9.17, 15) is 0 Å². The van der Waals surface area contributed by atoms with Crippen molar-refractivity contribution in [1.82, 2.24) is 14.9 Å². The molecule has 1 aliphatic carbocycles. The van der Waals surface area contributed by atoms with Crippen molar-refractivity contribution in [2.24, 2.45) is 5.92 Å². The van der Waals surface area contributed by atoms with E-state index in [2.05, 4.69) is 21.8 Å². The number of aromatic nitrogens is 2. The van der Waals surface area contributed by atoms with Gasteiger partial charge < -0.3 is 9.88 Å². The Kier molecular flexibility index (Phi) is 5.05. The molecule has 17 heavy (non-hydrogen) atoms. The molecule has 2 rings (SSSR count). The van der Waals surface area contributed by atoms with Gasteiger partial charge in [0.1, 0.15) is 0 Å². The van der Waals surface area contributed by atoms with Crippen molar-refractivity contribution < 1.29 is 0 Å². The van der Waals surface area contributed by atoms with Gasteiger partial charge in [-0.3, -0.25) is 0 Å². The first-order valence-electron chi connectivity index (χ1n) is 7.05. The summed E-state index contributed by atoms with van der Waals surface area (Å²) in [6.45, 7) is 4.55. The van der Waals surface area contributed by atoms with Gasteiger partial charge in [-0.2, -0.15) is 0 Å². The number of hydrogen-bond donors (Lipinski definition) is 1. The Labute approximate surface area is 105 Å². The maximum atomic E-state index is 4.05. The molecule has 0 amide bonds. The molecule has 1 aromatic heterocycles. The predicted molar refractivity (Wildman–Crippen MR) is 70.9 cm³/mol. The topological polar surface area (TPSA) is 29.9 Å². The van der Waals surface area contributed by atoms with Crippen molar-refractivity contribution in [2.45, 2.75) is 58.0 Å². The minimum Gasteiger partial charge on any atom is -0.337 e. The summed E-state index contributed by atoms with van der Waals surface area (Å²) in [4.78, 5) is 4.05. The summed E-state index contributed by atoms with van der Waals surface area (Å²) < 4.78 is 2.15. The zero-order valence-electron chi connectivity index (χ0n) is 10.9. The summed E-state index contributed by atoms with van der Waals surface area (Å²) in [5, 5.41) is 3.68. The summed E-state index contributed by atoms with van der Waals surface area (Å²) in [6.07, 6.45) is 14.1. The van der Waals surface area contributed by atoms with Gasteiger partial charge in [0.25, 0.3) is 0 Å². The van der Waals surface area contributed by atoms with E-state index in [1.54, 1.807) is 0 Å². The molecule has 0 aliphatic heterocycles. The van der Waals surface area contributed by atoms with Crippen molar-refractivity contribution in [3.63, 3.8) is 0 Å². The SMILES string of the molecule is C[C@@H](NCCCn1ccnc1)C1CCCCC1. The van der Waals surface area contributed by atoms with Crippen molar-refractivity contribution in [1.29, 1.82) is 0 Å². The fraction of sp³-hybridized carbons (Fsp3) is 0.786. The number of aryl methyl sites for hydroxylation is 1. The molecule has 1 saturated carbocycles. The van der Waals surface area contributed by atoms with Crippen LogP contribution in [-0.4, -0.2) is 22.1 Å². The third kappa shape index (κ3) is 4.15. The van der Waals surface area contributed by atoms with E-state index in [0.29, 0.717) is 6.04 Å². The van der Waals surface area contributed by atoms with Crippen LogP contribution in [0.1, 0.15) is 45.4 Å². The van der Waals surface area contributed by atoms with Crippen molar-refractivity contribution >= 4 is 0 Å². The number of hydrogen-bond acceptors (Lipinski definition) is 2. The summed E-state index contributed by atoms with van der Waals surface area (Å²) in [5.74, 6) is 0.914. The number of imidazole rings is 1. The second kappa shape index (κ2) is 6.80. The number of rotatable bonds is 6. The fourth-order valence-corrected chi connectivity index (χ4v) is 2.81. The monoisotopic (exact) mass is 235 g/mol. The lowest BCUT2D eigenvalue weighted by atomic mass is 9.84. The largest absolute Gasteiger partial charge is 0.337 e. The molecule has 0 radical (unpaired) electrons. The number of nitrogens with one attached hydrogen (secondary N) is 1. The molecule has 0 aromatic carbocycles. The van der Waals surface area contributed by atoms with Gasteiger partial charge in [0.15, 0.2) is 0 Å². The Bertz CT molecular complexity index is 288. The Morgan fingerprint density at radius 3 is 2.88 bits per heavy atom. The molecule has 0 bridgehead atoms. The normalized spacial score (nSPS) is 19.4. The van der Waals surface area contributed by atoms with E-state index >= 15 is 0 Å². The van der Waals surface area contributed by atoms with E-state index in [0.717, 1.165) is 19.0 Å². The summed E-state index contributed by atoms with van der Waals surface area (Å²) in [5.41, 5.74) is 0.